The first kappa shape index (κ1) is 13.3. The number of nitrogens with zero attached hydrogens (tertiary/aromatic N) is 3. The van der Waals surface area contributed by atoms with Gasteiger partial charge in [0.25, 0.3) is 5.91 Å². The van der Waals surface area contributed by atoms with E-state index in [0.717, 1.165) is 24.6 Å². The van der Waals surface area contributed by atoms with Gasteiger partial charge in [-0.15, -0.1) is 17.5 Å². The monoisotopic (exact) mass is 262 g/mol. The summed E-state index contributed by atoms with van der Waals surface area (Å²) in [5, 5.41) is 7.03. The lowest BCUT2D eigenvalue weighted by molar-refractivity contribution is 0.0621. The van der Waals surface area contributed by atoms with E-state index in [1.54, 1.807) is 0 Å². The zero-order valence-corrected chi connectivity index (χ0v) is 10.8. The highest BCUT2D eigenvalue weighted by Crippen LogP contribution is 2.13. The topological polar surface area (TPSA) is 58.1 Å². The van der Waals surface area contributed by atoms with Crippen LogP contribution in [0.15, 0.2) is 6.20 Å². The van der Waals surface area contributed by atoms with Crippen molar-refractivity contribution < 1.29 is 4.79 Å². The van der Waals surface area contributed by atoms with Crippen LogP contribution in [0.25, 0.3) is 0 Å². The summed E-state index contributed by atoms with van der Waals surface area (Å²) in [6.45, 7) is 5.72. The van der Waals surface area contributed by atoms with Gasteiger partial charge in [0.2, 0.25) is 0 Å². The van der Waals surface area contributed by atoms with Crippen LogP contribution in [0, 0.1) is 0 Å². The van der Waals surface area contributed by atoms with Gasteiger partial charge < -0.3 is 10.2 Å². The first-order valence-electron chi connectivity index (χ1n) is 5.00. The van der Waals surface area contributed by atoms with Gasteiger partial charge in [-0.3, -0.25) is 4.79 Å². The minimum Gasteiger partial charge on any atom is -0.332 e. The molecule has 1 aliphatic heterocycles. The van der Waals surface area contributed by atoms with Crippen LogP contribution < -0.4 is 5.32 Å². The number of aromatic nitrogens is 2. The third-order valence-corrected chi connectivity index (χ3v) is 3.25. The van der Waals surface area contributed by atoms with E-state index in [4.69, 9.17) is 0 Å². The molecule has 7 heteroatoms. The number of piperazine rings is 1. The summed E-state index contributed by atoms with van der Waals surface area (Å²) in [6.07, 6.45) is 1.53. The minimum atomic E-state index is 0. The number of carbonyl (C=O) groups excluding carboxylic acids is 1. The average molecular weight is 263 g/mol. The Morgan fingerprint density at radius 1 is 1.62 bits per heavy atom. The Labute approximate surface area is 105 Å². The Kier molecular flexibility index (Phi) is 4.64. The van der Waals surface area contributed by atoms with Gasteiger partial charge in [0.1, 0.15) is 4.88 Å². The van der Waals surface area contributed by atoms with E-state index in [9.17, 15) is 4.79 Å². The predicted molar refractivity (Wildman–Crippen MR) is 65.1 cm³/mol. The molecule has 1 saturated heterocycles. The standard InChI is InChI=1S/C9H14N4OS.ClH/c1-6-5-13(7(2)3-10-6)9(14)8-4-11-12-15-8;/h4,6-7,10H,3,5H2,1-2H3;1H. The summed E-state index contributed by atoms with van der Waals surface area (Å²) in [5.41, 5.74) is 0. The van der Waals surface area contributed by atoms with Crippen LogP contribution in [0.5, 0.6) is 0 Å². The highest BCUT2D eigenvalue weighted by molar-refractivity contribution is 7.07. The zero-order valence-electron chi connectivity index (χ0n) is 9.21. The van der Waals surface area contributed by atoms with Gasteiger partial charge in [0, 0.05) is 25.2 Å². The van der Waals surface area contributed by atoms with Crippen molar-refractivity contribution in [3.8, 4) is 0 Å². The van der Waals surface area contributed by atoms with E-state index in [-0.39, 0.29) is 24.4 Å². The summed E-state index contributed by atoms with van der Waals surface area (Å²) in [4.78, 5) is 14.6. The molecule has 0 aliphatic carbocycles. The maximum Gasteiger partial charge on any atom is 0.267 e. The van der Waals surface area contributed by atoms with Crippen LogP contribution in [0.2, 0.25) is 0 Å². The first-order chi connectivity index (χ1) is 7.18. The Morgan fingerprint density at radius 3 is 3.00 bits per heavy atom. The van der Waals surface area contributed by atoms with Crippen molar-refractivity contribution in [1.29, 1.82) is 0 Å². The van der Waals surface area contributed by atoms with E-state index in [1.165, 1.54) is 6.20 Å². The Morgan fingerprint density at radius 2 is 2.38 bits per heavy atom. The molecule has 1 aromatic rings. The average Bonchev–Trinajstić information content (AvgIpc) is 2.74. The molecular formula is C9H15ClN4OS. The van der Waals surface area contributed by atoms with Crippen molar-refractivity contribution in [3.05, 3.63) is 11.1 Å². The van der Waals surface area contributed by atoms with E-state index < -0.39 is 0 Å². The normalized spacial score (nSPS) is 25.0. The number of amides is 1. The molecule has 2 atom stereocenters. The quantitative estimate of drug-likeness (QED) is 0.813. The van der Waals surface area contributed by atoms with Gasteiger partial charge in [-0.1, -0.05) is 4.49 Å². The van der Waals surface area contributed by atoms with Crippen LogP contribution in [-0.4, -0.2) is 45.6 Å². The van der Waals surface area contributed by atoms with E-state index >= 15 is 0 Å². The lowest BCUT2D eigenvalue weighted by atomic mass is 10.1. The summed E-state index contributed by atoms with van der Waals surface area (Å²) < 4.78 is 3.71. The minimum absolute atomic E-state index is 0. The van der Waals surface area contributed by atoms with Crippen LogP contribution in [-0.2, 0) is 0 Å². The molecule has 0 radical (unpaired) electrons. The van der Waals surface area contributed by atoms with Gasteiger partial charge in [-0.25, -0.2) is 0 Å². The Balaban J connectivity index is 0.00000128. The van der Waals surface area contributed by atoms with Crippen LogP contribution in [0.3, 0.4) is 0 Å². The fourth-order valence-electron chi connectivity index (χ4n) is 1.71. The Bertz CT molecular complexity index is 345. The maximum atomic E-state index is 12.0. The smallest absolute Gasteiger partial charge is 0.267 e. The lowest BCUT2D eigenvalue weighted by Crippen LogP contribution is -2.56. The zero-order chi connectivity index (χ0) is 10.8. The molecule has 1 aliphatic rings. The molecule has 1 N–H and O–H groups in total. The van der Waals surface area contributed by atoms with Gasteiger partial charge in [-0.05, 0) is 25.4 Å². The molecule has 1 amide bonds. The third-order valence-electron chi connectivity index (χ3n) is 2.60. The maximum absolute atomic E-state index is 12.0. The summed E-state index contributed by atoms with van der Waals surface area (Å²) in [6, 6.07) is 0.585. The van der Waals surface area contributed by atoms with E-state index in [0.29, 0.717) is 10.9 Å². The second kappa shape index (κ2) is 5.56. The van der Waals surface area contributed by atoms with Crippen molar-refractivity contribution in [2.45, 2.75) is 25.9 Å². The molecule has 2 rings (SSSR count). The van der Waals surface area contributed by atoms with Gasteiger partial charge in [0.15, 0.2) is 0 Å². The second-order valence-electron chi connectivity index (χ2n) is 3.90. The SMILES string of the molecule is CC1CN(C(=O)c2cnns2)C(C)CN1.Cl. The third kappa shape index (κ3) is 2.69. The molecule has 0 bridgehead atoms. The molecule has 0 aromatic carbocycles. The number of hydrogen-bond acceptors (Lipinski definition) is 5. The molecule has 5 nitrogen and oxygen atoms in total. The second-order valence-corrected chi connectivity index (χ2v) is 4.68. The van der Waals surface area contributed by atoms with Crippen molar-refractivity contribution in [2.24, 2.45) is 0 Å². The van der Waals surface area contributed by atoms with Gasteiger partial charge in [-0.2, -0.15) is 0 Å². The Hall–Kier alpha value is -0.720. The molecule has 1 fully saturated rings. The van der Waals surface area contributed by atoms with Crippen molar-refractivity contribution >= 4 is 29.8 Å². The molecule has 0 saturated carbocycles. The lowest BCUT2D eigenvalue weighted by Gasteiger charge is -2.37. The molecule has 90 valence electrons. The number of hydrogen-bond donors (Lipinski definition) is 1. The highest BCUT2D eigenvalue weighted by atomic mass is 35.5. The number of carbonyl (C=O) groups is 1. The van der Waals surface area contributed by atoms with Crippen LogP contribution in [0.4, 0.5) is 0 Å². The van der Waals surface area contributed by atoms with Crippen LogP contribution in [0.1, 0.15) is 23.5 Å². The molecule has 2 unspecified atom stereocenters. The van der Waals surface area contributed by atoms with Gasteiger partial charge >= 0.3 is 0 Å². The van der Waals surface area contributed by atoms with Crippen LogP contribution >= 0.6 is 23.9 Å². The summed E-state index contributed by atoms with van der Waals surface area (Å²) in [7, 11) is 0. The van der Waals surface area contributed by atoms with Crippen molar-refractivity contribution in [2.75, 3.05) is 13.1 Å². The van der Waals surface area contributed by atoms with E-state index in [2.05, 4.69) is 21.8 Å². The largest absolute Gasteiger partial charge is 0.332 e. The molecular weight excluding hydrogens is 248 g/mol. The number of nitrogens with one attached hydrogen (secondary N) is 1. The molecule has 0 spiro atoms. The molecule has 1 aromatic heterocycles. The number of halogens is 1. The van der Waals surface area contributed by atoms with Crippen molar-refractivity contribution in [1.82, 2.24) is 19.8 Å². The first-order valence-corrected chi connectivity index (χ1v) is 5.77. The van der Waals surface area contributed by atoms with Gasteiger partial charge in [0.05, 0.1) is 6.20 Å². The number of rotatable bonds is 1. The van der Waals surface area contributed by atoms with E-state index in [1.807, 2.05) is 11.8 Å². The summed E-state index contributed by atoms with van der Waals surface area (Å²) in [5.74, 6) is 0.0471. The molecule has 16 heavy (non-hydrogen) atoms. The summed E-state index contributed by atoms with van der Waals surface area (Å²) >= 11 is 1.16. The fraction of sp³-hybridized carbons (Fsp3) is 0.667. The van der Waals surface area contributed by atoms with Crippen molar-refractivity contribution in [3.63, 3.8) is 0 Å². The fourth-order valence-corrected chi connectivity index (χ4v) is 2.18. The predicted octanol–water partition coefficient (Wildman–Crippen LogP) is 0.782. The molecule has 2 heterocycles. The highest BCUT2D eigenvalue weighted by Gasteiger charge is 2.28.